The third-order valence-corrected chi connectivity index (χ3v) is 1.75. The van der Waals surface area contributed by atoms with Crippen molar-refractivity contribution in [3.05, 3.63) is 11.6 Å². The van der Waals surface area contributed by atoms with Crippen LogP contribution in [-0.4, -0.2) is 19.5 Å². The predicted octanol–water partition coefficient (Wildman–Crippen LogP) is 2.35. The first-order valence-electron chi connectivity index (χ1n) is 4.38. The van der Waals surface area contributed by atoms with Crippen LogP contribution in [0.4, 0.5) is 0 Å². The first-order chi connectivity index (χ1) is 5.49. The van der Waals surface area contributed by atoms with Gasteiger partial charge in [0.1, 0.15) is 0 Å². The maximum atomic E-state index is 5.51. The predicted molar refractivity (Wildman–Crippen MR) is 48.9 cm³/mol. The summed E-state index contributed by atoms with van der Waals surface area (Å²) in [5.74, 6) is 0. The summed E-state index contributed by atoms with van der Waals surface area (Å²) in [7, 11) is 0. The van der Waals surface area contributed by atoms with Gasteiger partial charge in [-0.3, -0.25) is 0 Å². The maximum absolute atomic E-state index is 5.51. The lowest BCUT2D eigenvalue weighted by Gasteiger charge is -2.33. The number of hydrogen-bond acceptors (Lipinski definition) is 2. The van der Waals surface area contributed by atoms with Crippen LogP contribution in [0, 0.1) is 5.41 Å². The summed E-state index contributed by atoms with van der Waals surface area (Å²) in [6, 6.07) is 0. The lowest BCUT2D eigenvalue weighted by molar-refractivity contribution is -0.197. The van der Waals surface area contributed by atoms with Crippen LogP contribution in [0.1, 0.15) is 27.7 Å². The summed E-state index contributed by atoms with van der Waals surface area (Å²) in [4.78, 5) is 0. The molecule has 1 fully saturated rings. The standard InChI is InChI=1S/C10H18O2/c1-8(2)5-9-11-6-10(3,4)7-12-9/h5,9H,6-7H2,1-4H3. The van der Waals surface area contributed by atoms with Crippen LogP contribution >= 0.6 is 0 Å². The molecular formula is C10H18O2. The van der Waals surface area contributed by atoms with Crippen molar-refractivity contribution in [1.82, 2.24) is 0 Å². The van der Waals surface area contributed by atoms with Crippen LogP contribution in [0.25, 0.3) is 0 Å². The van der Waals surface area contributed by atoms with E-state index >= 15 is 0 Å². The molecule has 1 rings (SSSR count). The lowest BCUT2D eigenvalue weighted by Crippen LogP contribution is -2.36. The lowest BCUT2D eigenvalue weighted by atomic mass is 9.95. The minimum absolute atomic E-state index is 0.122. The van der Waals surface area contributed by atoms with Crippen molar-refractivity contribution >= 4 is 0 Å². The van der Waals surface area contributed by atoms with E-state index in [1.807, 2.05) is 19.9 Å². The molecule has 1 aliphatic rings. The molecule has 0 spiro atoms. The average Bonchev–Trinajstić information content (AvgIpc) is 1.93. The van der Waals surface area contributed by atoms with Crippen LogP contribution in [0.15, 0.2) is 11.6 Å². The Morgan fingerprint density at radius 1 is 1.25 bits per heavy atom. The number of allylic oxidation sites excluding steroid dienone is 1. The molecule has 1 heterocycles. The van der Waals surface area contributed by atoms with E-state index in [2.05, 4.69) is 13.8 Å². The van der Waals surface area contributed by atoms with E-state index in [1.54, 1.807) is 0 Å². The van der Waals surface area contributed by atoms with E-state index in [-0.39, 0.29) is 11.7 Å². The Bertz CT molecular complexity index is 168. The topological polar surface area (TPSA) is 18.5 Å². The molecule has 0 saturated carbocycles. The monoisotopic (exact) mass is 170 g/mol. The van der Waals surface area contributed by atoms with Crippen LogP contribution in [0.3, 0.4) is 0 Å². The highest BCUT2D eigenvalue weighted by molar-refractivity contribution is 4.96. The molecule has 0 aromatic carbocycles. The fourth-order valence-corrected chi connectivity index (χ4v) is 1.07. The zero-order chi connectivity index (χ0) is 9.19. The Hall–Kier alpha value is -0.340. The summed E-state index contributed by atoms with van der Waals surface area (Å²) < 4.78 is 11.0. The largest absolute Gasteiger partial charge is 0.348 e. The molecular weight excluding hydrogens is 152 g/mol. The molecule has 0 radical (unpaired) electrons. The highest BCUT2D eigenvalue weighted by Crippen LogP contribution is 2.23. The number of rotatable bonds is 1. The summed E-state index contributed by atoms with van der Waals surface area (Å²) in [6.45, 7) is 9.94. The quantitative estimate of drug-likeness (QED) is 0.562. The van der Waals surface area contributed by atoms with Crippen molar-refractivity contribution in [2.45, 2.75) is 34.0 Å². The van der Waals surface area contributed by atoms with E-state index in [9.17, 15) is 0 Å². The van der Waals surface area contributed by atoms with E-state index in [1.165, 1.54) is 5.57 Å². The van der Waals surface area contributed by atoms with Crippen LogP contribution in [-0.2, 0) is 9.47 Å². The molecule has 0 aromatic heterocycles. The van der Waals surface area contributed by atoms with Gasteiger partial charge in [-0.25, -0.2) is 0 Å². The molecule has 1 saturated heterocycles. The van der Waals surface area contributed by atoms with Crippen molar-refractivity contribution in [3.8, 4) is 0 Å². The van der Waals surface area contributed by atoms with E-state index in [0.29, 0.717) is 0 Å². The summed E-state index contributed by atoms with van der Waals surface area (Å²) in [5, 5.41) is 0. The number of hydrogen-bond donors (Lipinski definition) is 0. The highest BCUT2D eigenvalue weighted by atomic mass is 16.7. The third kappa shape index (κ3) is 2.95. The molecule has 2 heteroatoms. The second kappa shape index (κ2) is 3.58. The maximum Gasteiger partial charge on any atom is 0.177 e. The molecule has 70 valence electrons. The van der Waals surface area contributed by atoms with Gasteiger partial charge in [0.15, 0.2) is 6.29 Å². The third-order valence-electron chi connectivity index (χ3n) is 1.75. The van der Waals surface area contributed by atoms with Crippen LogP contribution < -0.4 is 0 Å². The Morgan fingerprint density at radius 3 is 2.17 bits per heavy atom. The molecule has 0 amide bonds. The van der Waals surface area contributed by atoms with Crippen molar-refractivity contribution in [1.29, 1.82) is 0 Å². The molecule has 2 nitrogen and oxygen atoms in total. The van der Waals surface area contributed by atoms with Crippen LogP contribution in [0.5, 0.6) is 0 Å². The van der Waals surface area contributed by atoms with E-state index in [0.717, 1.165) is 13.2 Å². The minimum Gasteiger partial charge on any atom is -0.348 e. The Morgan fingerprint density at radius 2 is 1.75 bits per heavy atom. The normalized spacial score (nSPS) is 23.7. The zero-order valence-electron chi connectivity index (χ0n) is 8.39. The summed E-state index contributed by atoms with van der Waals surface area (Å²) in [6.07, 6.45) is 1.89. The molecule has 0 aromatic rings. The molecule has 12 heavy (non-hydrogen) atoms. The van der Waals surface area contributed by atoms with Crippen molar-refractivity contribution in [3.63, 3.8) is 0 Å². The highest BCUT2D eigenvalue weighted by Gasteiger charge is 2.26. The average molecular weight is 170 g/mol. The van der Waals surface area contributed by atoms with Gasteiger partial charge < -0.3 is 9.47 Å². The van der Waals surface area contributed by atoms with Gasteiger partial charge in [-0.1, -0.05) is 19.4 Å². The molecule has 0 atom stereocenters. The molecule has 0 aliphatic carbocycles. The zero-order valence-corrected chi connectivity index (χ0v) is 8.39. The first kappa shape index (κ1) is 9.75. The van der Waals surface area contributed by atoms with Gasteiger partial charge in [0, 0.05) is 5.41 Å². The minimum atomic E-state index is -0.122. The molecule has 0 N–H and O–H groups in total. The van der Waals surface area contributed by atoms with Crippen LogP contribution in [0.2, 0.25) is 0 Å². The summed E-state index contributed by atoms with van der Waals surface area (Å²) in [5.41, 5.74) is 1.41. The SMILES string of the molecule is CC(C)=CC1OCC(C)(C)CO1. The second-order valence-corrected chi connectivity index (χ2v) is 4.40. The molecule has 0 unspecified atom stereocenters. The summed E-state index contributed by atoms with van der Waals surface area (Å²) >= 11 is 0. The Kier molecular flexibility index (Phi) is 2.91. The Balaban J connectivity index is 2.42. The van der Waals surface area contributed by atoms with Gasteiger partial charge in [-0.15, -0.1) is 0 Å². The first-order valence-corrected chi connectivity index (χ1v) is 4.38. The second-order valence-electron chi connectivity index (χ2n) is 4.40. The fourth-order valence-electron chi connectivity index (χ4n) is 1.07. The molecule has 1 aliphatic heterocycles. The van der Waals surface area contributed by atoms with Gasteiger partial charge in [0.25, 0.3) is 0 Å². The fraction of sp³-hybridized carbons (Fsp3) is 0.800. The Labute approximate surface area is 74.6 Å². The molecule has 0 bridgehead atoms. The van der Waals surface area contributed by atoms with Gasteiger partial charge >= 0.3 is 0 Å². The van der Waals surface area contributed by atoms with Crippen molar-refractivity contribution in [2.24, 2.45) is 5.41 Å². The van der Waals surface area contributed by atoms with Crippen molar-refractivity contribution in [2.75, 3.05) is 13.2 Å². The van der Waals surface area contributed by atoms with E-state index < -0.39 is 0 Å². The van der Waals surface area contributed by atoms with Gasteiger partial charge in [0.2, 0.25) is 0 Å². The van der Waals surface area contributed by atoms with Crippen molar-refractivity contribution < 1.29 is 9.47 Å². The van der Waals surface area contributed by atoms with Gasteiger partial charge in [-0.05, 0) is 19.9 Å². The number of ether oxygens (including phenoxy) is 2. The van der Waals surface area contributed by atoms with Gasteiger partial charge in [-0.2, -0.15) is 0 Å². The van der Waals surface area contributed by atoms with Gasteiger partial charge in [0.05, 0.1) is 13.2 Å². The smallest absolute Gasteiger partial charge is 0.177 e. The van der Waals surface area contributed by atoms with E-state index in [4.69, 9.17) is 9.47 Å².